The number of hydrogen-bond donors (Lipinski definition) is 0. The average Bonchev–Trinajstić information content (AvgIpc) is 3.11. The highest BCUT2D eigenvalue weighted by atomic mass is 16.3. The fraction of sp³-hybridized carbons (Fsp3) is 0.0133. The SMILES string of the molecule is c1ccc(N(c2ccc(-c3c4ccccc4c(-c4ccc(N(c5ccccc5)c5ccc6c(c5)oc5ccccc56)cc4)c4ccccc34)cc2)c2ccc3c(c2)C2(c4ccccc4-c4ccccc42)c2ccccc2-3)cc1. The molecule has 78 heavy (non-hydrogen) atoms. The molecule has 13 aromatic carbocycles. The van der Waals surface area contributed by atoms with Gasteiger partial charge < -0.3 is 14.2 Å². The Morgan fingerprint density at radius 1 is 0.231 bits per heavy atom. The Kier molecular flexibility index (Phi) is 9.85. The van der Waals surface area contributed by atoms with E-state index in [-0.39, 0.29) is 0 Å². The van der Waals surface area contributed by atoms with Gasteiger partial charge >= 0.3 is 0 Å². The summed E-state index contributed by atoms with van der Waals surface area (Å²) in [6, 6.07) is 107. The van der Waals surface area contributed by atoms with Crippen LogP contribution in [0.5, 0.6) is 0 Å². The van der Waals surface area contributed by atoms with Crippen LogP contribution in [0.3, 0.4) is 0 Å². The molecule has 0 atom stereocenters. The monoisotopic (exact) mass is 992 g/mol. The van der Waals surface area contributed by atoms with Crippen LogP contribution >= 0.6 is 0 Å². The summed E-state index contributed by atoms with van der Waals surface area (Å²) in [6.45, 7) is 0. The number of fused-ring (bicyclic) bond motifs is 15. The molecule has 3 nitrogen and oxygen atoms in total. The zero-order valence-electron chi connectivity index (χ0n) is 42.5. The van der Waals surface area contributed by atoms with Gasteiger partial charge in [0.25, 0.3) is 0 Å². The quantitative estimate of drug-likeness (QED) is 0.141. The zero-order chi connectivity index (χ0) is 51.3. The van der Waals surface area contributed by atoms with Gasteiger partial charge in [-0.3, -0.25) is 0 Å². The first-order valence-electron chi connectivity index (χ1n) is 26.9. The maximum atomic E-state index is 6.39. The summed E-state index contributed by atoms with van der Waals surface area (Å²) in [6.07, 6.45) is 0. The predicted octanol–water partition coefficient (Wildman–Crippen LogP) is 20.5. The highest BCUT2D eigenvalue weighted by Gasteiger charge is 2.51. The smallest absolute Gasteiger partial charge is 0.137 e. The van der Waals surface area contributed by atoms with Gasteiger partial charge in [-0.1, -0.05) is 206 Å². The summed E-state index contributed by atoms with van der Waals surface area (Å²) < 4.78 is 6.39. The average molecular weight is 993 g/mol. The van der Waals surface area contributed by atoms with E-state index in [0.29, 0.717) is 0 Å². The molecule has 1 aromatic heterocycles. The zero-order valence-corrected chi connectivity index (χ0v) is 42.5. The number of nitrogens with zero attached hydrogens (tertiary/aromatic N) is 2. The van der Waals surface area contributed by atoms with Crippen LogP contribution in [0.15, 0.2) is 296 Å². The summed E-state index contributed by atoms with van der Waals surface area (Å²) in [5, 5.41) is 7.10. The Balaban J connectivity index is 0.804. The van der Waals surface area contributed by atoms with Gasteiger partial charge in [-0.2, -0.15) is 0 Å². The number of hydrogen-bond acceptors (Lipinski definition) is 3. The number of rotatable bonds is 8. The van der Waals surface area contributed by atoms with E-state index >= 15 is 0 Å². The van der Waals surface area contributed by atoms with Crippen LogP contribution in [-0.2, 0) is 5.41 Å². The molecule has 1 heterocycles. The lowest BCUT2D eigenvalue weighted by Crippen LogP contribution is -2.26. The van der Waals surface area contributed by atoms with E-state index < -0.39 is 5.41 Å². The van der Waals surface area contributed by atoms with Crippen LogP contribution in [0.25, 0.3) is 88.0 Å². The van der Waals surface area contributed by atoms with Gasteiger partial charge in [0, 0.05) is 51.0 Å². The van der Waals surface area contributed by atoms with Crippen molar-refractivity contribution >= 4 is 77.6 Å². The molecule has 0 bridgehead atoms. The topological polar surface area (TPSA) is 19.6 Å². The molecule has 0 radical (unpaired) electrons. The van der Waals surface area contributed by atoms with Crippen molar-refractivity contribution in [3.8, 4) is 44.5 Å². The number of para-hydroxylation sites is 3. The minimum atomic E-state index is -0.438. The molecule has 16 rings (SSSR count). The fourth-order valence-electron chi connectivity index (χ4n) is 13.4. The largest absolute Gasteiger partial charge is 0.456 e. The summed E-state index contributed by atoms with van der Waals surface area (Å²) in [5.41, 5.74) is 23.1. The van der Waals surface area contributed by atoms with Crippen LogP contribution in [0.2, 0.25) is 0 Å². The van der Waals surface area contributed by atoms with Crippen molar-refractivity contribution in [1.29, 1.82) is 0 Å². The van der Waals surface area contributed by atoms with Crippen LogP contribution in [0, 0.1) is 0 Å². The third-order valence-corrected chi connectivity index (χ3v) is 16.6. The van der Waals surface area contributed by atoms with Crippen molar-refractivity contribution in [2.75, 3.05) is 9.80 Å². The number of furan rings is 1. The molecular formula is C75H48N2O. The molecule has 0 fully saturated rings. The second-order valence-electron chi connectivity index (χ2n) is 20.7. The van der Waals surface area contributed by atoms with E-state index in [1.54, 1.807) is 0 Å². The number of benzene rings is 13. The lowest BCUT2D eigenvalue weighted by Gasteiger charge is -2.32. The second-order valence-corrected chi connectivity index (χ2v) is 20.7. The summed E-state index contributed by atoms with van der Waals surface area (Å²) in [5.74, 6) is 0. The van der Waals surface area contributed by atoms with Gasteiger partial charge in [0.15, 0.2) is 0 Å². The first-order chi connectivity index (χ1) is 38.7. The van der Waals surface area contributed by atoms with Crippen LogP contribution in [0.1, 0.15) is 22.3 Å². The third-order valence-electron chi connectivity index (χ3n) is 16.6. The Hall–Kier alpha value is -10.2. The molecule has 0 aliphatic heterocycles. The molecule has 0 unspecified atom stereocenters. The Morgan fingerprint density at radius 2 is 0.577 bits per heavy atom. The highest BCUT2D eigenvalue weighted by Crippen LogP contribution is 2.63. The molecule has 1 spiro atoms. The standard InChI is InChI=1S/C75H48N2O/c1-3-19-51(20-4-1)76(55-43-45-60-59-25-13-17-33-69(59)75(70(60)47-55)67-31-15-11-23-57(67)58-24-12-16-32-68(58)75)53-39-35-49(36-40-53)73-63-27-7-9-29-65(63)74(66-30-10-8-28-64(66)73)50-37-41-54(42-38-50)77(52-21-5-2-6-22-52)56-44-46-62-61-26-14-18-34-71(61)78-72(62)48-56/h1-48H. The van der Waals surface area contributed by atoms with Gasteiger partial charge in [0.05, 0.1) is 5.41 Å². The lowest BCUT2D eigenvalue weighted by atomic mass is 9.70. The predicted molar refractivity (Wildman–Crippen MR) is 325 cm³/mol. The second kappa shape index (κ2) is 17.4. The number of anilines is 6. The minimum absolute atomic E-state index is 0.438. The summed E-state index contributed by atoms with van der Waals surface area (Å²) >= 11 is 0. The Labute approximate surface area is 452 Å². The first-order valence-corrected chi connectivity index (χ1v) is 26.9. The van der Waals surface area contributed by atoms with E-state index in [9.17, 15) is 0 Å². The van der Waals surface area contributed by atoms with Crippen LogP contribution in [0.4, 0.5) is 34.1 Å². The maximum Gasteiger partial charge on any atom is 0.137 e. The fourth-order valence-corrected chi connectivity index (χ4v) is 13.4. The van der Waals surface area contributed by atoms with E-state index in [0.717, 1.165) is 61.6 Å². The van der Waals surface area contributed by atoms with Gasteiger partial charge in [-0.05, 0) is 167 Å². The molecule has 2 aliphatic carbocycles. The first kappa shape index (κ1) is 44.1. The minimum Gasteiger partial charge on any atom is -0.456 e. The Bertz CT molecular complexity index is 4550. The molecule has 0 N–H and O–H groups in total. The summed E-state index contributed by atoms with van der Waals surface area (Å²) in [4.78, 5) is 4.73. The van der Waals surface area contributed by atoms with Crippen molar-refractivity contribution in [3.63, 3.8) is 0 Å². The highest BCUT2D eigenvalue weighted by molar-refractivity contribution is 6.21. The van der Waals surface area contributed by atoms with Gasteiger partial charge in [0.1, 0.15) is 11.2 Å². The van der Waals surface area contributed by atoms with Crippen molar-refractivity contribution in [1.82, 2.24) is 0 Å². The third kappa shape index (κ3) is 6.52. The lowest BCUT2D eigenvalue weighted by molar-refractivity contribution is 0.669. The van der Waals surface area contributed by atoms with Gasteiger partial charge in [-0.15, -0.1) is 0 Å². The van der Waals surface area contributed by atoms with Crippen molar-refractivity contribution in [3.05, 3.63) is 313 Å². The molecular weight excluding hydrogens is 945 g/mol. The van der Waals surface area contributed by atoms with E-state index in [1.165, 1.54) is 82.7 Å². The maximum absolute atomic E-state index is 6.39. The Morgan fingerprint density at radius 3 is 1.06 bits per heavy atom. The van der Waals surface area contributed by atoms with Crippen molar-refractivity contribution in [2.24, 2.45) is 0 Å². The summed E-state index contributed by atoms with van der Waals surface area (Å²) in [7, 11) is 0. The molecule has 3 heteroatoms. The molecule has 0 saturated heterocycles. The molecule has 0 amide bonds. The molecule has 364 valence electrons. The van der Waals surface area contributed by atoms with Crippen molar-refractivity contribution < 1.29 is 4.42 Å². The van der Waals surface area contributed by atoms with E-state index in [2.05, 4.69) is 289 Å². The normalized spacial score (nSPS) is 12.7. The molecule has 2 aliphatic rings. The molecule has 14 aromatic rings. The van der Waals surface area contributed by atoms with Crippen LogP contribution < -0.4 is 9.80 Å². The molecule has 0 saturated carbocycles. The van der Waals surface area contributed by atoms with E-state index in [1.807, 2.05) is 12.1 Å². The van der Waals surface area contributed by atoms with Crippen LogP contribution in [-0.4, -0.2) is 0 Å². The van der Waals surface area contributed by atoms with E-state index in [4.69, 9.17) is 4.42 Å². The van der Waals surface area contributed by atoms with Crippen molar-refractivity contribution in [2.45, 2.75) is 5.41 Å². The van der Waals surface area contributed by atoms with Gasteiger partial charge in [-0.25, -0.2) is 0 Å². The van der Waals surface area contributed by atoms with Gasteiger partial charge in [0.2, 0.25) is 0 Å².